The van der Waals surface area contributed by atoms with Crippen LogP contribution in [0.4, 0.5) is 0 Å². The molecule has 3 atom stereocenters. The van der Waals surface area contributed by atoms with Gasteiger partial charge in [0.2, 0.25) is 0 Å². The van der Waals surface area contributed by atoms with Gasteiger partial charge in [0.15, 0.2) is 0 Å². The van der Waals surface area contributed by atoms with Gasteiger partial charge in [0.25, 0.3) is 0 Å². The van der Waals surface area contributed by atoms with Gasteiger partial charge in [-0.05, 0) is 69.8 Å². The molecule has 0 aliphatic carbocycles. The van der Waals surface area contributed by atoms with Gasteiger partial charge in [-0.2, -0.15) is 0 Å². The third-order valence-electron chi connectivity index (χ3n) is 4.73. The van der Waals surface area contributed by atoms with E-state index in [0.717, 1.165) is 24.8 Å². The first kappa shape index (κ1) is 16.3. The zero-order chi connectivity index (χ0) is 15.4. The quantitative estimate of drug-likeness (QED) is 0.902. The summed E-state index contributed by atoms with van der Waals surface area (Å²) in [7, 11) is 0. The molecule has 0 aromatic heterocycles. The van der Waals surface area contributed by atoms with E-state index in [-0.39, 0.29) is 6.10 Å². The number of piperidine rings is 1. The van der Waals surface area contributed by atoms with Crippen molar-refractivity contribution in [2.45, 2.75) is 46.3 Å². The zero-order valence-corrected chi connectivity index (χ0v) is 13.9. The van der Waals surface area contributed by atoms with Crippen molar-refractivity contribution in [2.24, 2.45) is 17.6 Å². The van der Waals surface area contributed by atoms with E-state index in [1.807, 2.05) is 0 Å². The van der Waals surface area contributed by atoms with Crippen molar-refractivity contribution in [3.05, 3.63) is 29.8 Å². The van der Waals surface area contributed by atoms with E-state index >= 15 is 0 Å². The Labute approximate surface area is 129 Å². The second-order valence-electron chi connectivity index (χ2n) is 6.67. The van der Waals surface area contributed by atoms with Gasteiger partial charge in [0.1, 0.15) is 5.75 Å². The Hall–Kier alpha value is -1.06. The van der Waals surface area contributed by atoms with Crippen molar-refractivity contribution in [3.8, 4) is 5.75 Å². The Morgan fingerprint density at radius 1 is 1.24 bits per heavy atom. The predicted molar refractivity (Wildman–Crippen MR) is 88.5 cm³/mol. The van der Waals surface area contributed by atoms with Crippen LogP contribution in [0.3, 0.4) is 0 Å². The lowest BCUT2D eigenvalue weighted by Crippen LogP contribution is -2.43. The average Bonchev–Trinajstić information content (AvgIpc) is 2.47. The van der Waals surface area contributed by atoms with Crippen LogP contribution in [0, 0.1) is 11.8 Å². The minimum atomic E-state index is 0.224. The molecular weight excluding hydrogens is 260 g/mol. The first-order chi connectivity index (χ1) is 10.0. The van der Waals surface area contributed by atoms with Crippen LogP contribution in [0.5, 0.6) is 5.75 Å². The summed E-state index contributed by atoms with van der Waals surface area (Å²) < 4.78 is 5.71. The summed E-state index contributed by atoms with van der Waals surface area (Å²) in [5, 5.41) is 0. The lowest BCUT2D eigenvalue weighted by molar-refractivity contribution is 0.0978. The van der Waals surface area contributed by atoms with Crippen LogP contribution in [0.25, 0.3) is 0 Å². The van der Waals surface area contributed by atoms with Crippen molar-refractivity contribution in [1.82, 2.24) is 4.90 Å². The molecule has 3 unspecified atom stereocenters. The van der Waals surface area contributed by atoms with Gasteiger partial charge >= 0.3 is 0 Å². The van der Waals surface area contributed by atoms with Gasteiger partial charge in [-0.15, -0.1) is 0 Å². The summed E-state index contributed by atoms with van der Waals surface area (Å²) in [4.78, 5) is 2.57. The second-order valence-corrected chi connectivity index (χ2v) is 6.67. The van der Waals surface area contributed by atoms with Crippen LogP contribution in [0.15, 0.2) is 24.3 Å². The monoisotopic (exact) mass is 290 g/mol. The standard InChI is InChI=1S/C18H30N2O/c1-13(2)21-18-7-5-16(6-8-18)15(4)20-10-9-14(3)17(11-19)12-20/h5-8,13-15,17H,9-12,19H2,1-4H3. The first-order valence-corrected chi connectivity index (χ1v) is 8.22. The molecule has 118 valence electrons. The van der Waals surface area contributed by atoms with E-state index < -0.39 is 0 Å². The smallest absolute Gasteiger partial charge is 0.119 e. The molecule has 1 fully saturated rings. The Bertz CT molecular complexity index is 429. The molecule has 2 N–H and O–H groups in total. The molecule has 1 aliphatic heterocycles. The Morgan fingerprint density at radius 2 is 1.90 bits per heavy atom. The summed E-state index contributed by atoms with van der Waals surface area (Å²) in [6, 6.07) is 8.99. The van der Waals surface area contributed by atoms with Crippen molar-refractivity contribution < 1.29 is 4.74 Å². The summed E-state index contributed by atoms with van der Waals surface area (Å²) in [6.07, 6.45) is 1.47. The van der Waals surface area contributed by atoms with Gasteiger partial charge in [-0.25, -0.2) is 0 Å². The number of nitrogens with zero attached hydrogens (tertiary/aromatic N) is 1. The number of hydrogen-bond acceptors (Lipinski definition) is 3. The molecule has 0 radical (unpaired) electrons. The lowest BCUT2D eigenvalue weighted by atomic mass is 9.86. The number of hydrogen-bond donors (Lipinski definition) is 1. The molecule has 21 heavy (non-hydrogen) atoms. The highest BCUT2D eigenvalue weighted by Crippen LogP contribution is 2.30. The van der Waals surface area contributed by atoms with E-state index in [1.165, 1.54) is 18.5 Å². The third-order valence-corrected chi connectivity index (χ3v) is 4.73. The van der Waals surface area contributed by atoms with Crippen LogP contribution in [-0.2, 0) is 0 Å². The fourth-order valence-electron chi connectivity index (χ4n) is 3.14. The summed E-state index contributed by atoms with van der Waals surface area (Å²) in [5.41, 5.74) is 7.28. The van der Waals surface area contributed by atoms with Crippen LogP contribution in [0.1, 0.15) is 45.7 Å². The Morgan fingerprint density at radius 3 is 2.48 bits per heavy atom. The first-order valence-electron chi connectivity index (χ1n) is 8.22. The van der Waals surface area contributed by atoms with E-state index in [2.05, 4.69) is 56.9 Å². The SMILES string of the molecule is CC(C)Oc1ccc(C(C)N2CCC(C)C(CN)C2)cc1. The Balaban J connectivity index is 2.00. The number of rotatable bonds is 5. The molecule has 1 aliphatic rings. The molecule has 3 heteroatoms. The maximum absolute atomic E-state index is 5.92. The fourth-order valence-corrected chi connectivity index (χ4v) is 3.14. The second kappa shape index (κ2) is 7.28. The third kappa shape index (κ3) is 4.21. The van der Waals surface area contributed by atoms with Gasteiger partial charge in [-0.1, -0.05) is 19.1 Å². The van der Waals surface area contributed by atoms with Crippen molar-refractivity contribution in [3.63, 3.8) is 0 Å². The summed E-state index contributed by atoms with van der Waals surface area (Å²) >= 11 is 0. The molecule has 1 saturated heterocycles. The zero-order valence-electron chi connectivity index (χ0n) is 13.9. The van der Waals surface area contributed by atoms with E-state index in [1.54, 1.807) is 0 Å². The number of benzene rings is 1. The predicted octanol–water partition coefficient (Wildman–Crippen LogP) is 3.45. The molecule has 2 rings (SSSR count). The molecule has 0 amide bonds. The highest BCUT2D eigenvalue weighted by molar-refractivity contribution is 5.29. The van der Waals surface area contributed by atoms with Crippen molar-refractivity contribution in [1.29, 1.82) is 0 Å². The maximum Gasteiger partial charge on any atom is 0.119 e. The lowest BCUT2D eigenvalue weighted by Gasteiger charge is -2.40. The molecular formula is C18H30N2O. The van der Waals surface area contributed by atoms with Gasteiger partial charge < -0.3 is 10.5 Å². The molecule has 3 nitrogen and oxygen atoms in total. The van der Waals surface area contributed by atoms with Crippen LogP contribution in [0.2, 0.25) is 0 Å². The van der Waals surface area contributed by atoms with Crippen molar-refractivity contribution in [2.75, 3.05) is 19.6 Å². The van der Waals surface area contributed by atoms with Gasteiger partial charge in [-0.3, -0.25) is 4.90 Å². The molecule has 0 spiro atoms. The summed E-state index contributed by atoms with van der Waals surface area (Å²) in [5.74, 6) is 2.33. The van der Waals surface area contributed by atoms with E-state index in [4.69, 9.17) is 10.5 Å². The van der Waals surface area contributed by atoms with Crippen molar-refractivity contribution >= 4 is 0 Å². The number of nitrogens with two attached hydrogens (primary N) is 1. The molecule has 0 bridgehead atoms. The van der Waals surface area contributed by atoms with E-state index in [9.17, 15) is 0 Å². The highest BCUT2D eigenvalue weighted by atomic mass is 16.5. The average molecular weight is 290 g/mol. The van der Waals surface area contributed by atoms with Gasteiger partial charge in [0, 0.05) is 12.6 Å². The largest absolute Gasteiger partial charge is 0.491 e. The molecule has 1 aromatic rings. The number of likely N-dealkylation sites (tertiary alicyclic amines) is 1. The molecule has 1 aromatic carbocycles. The van der Waals surface area contributed by atoms with Crippen LogP contribution >= 0.6 is 0 Å². The molecule has 0 saturated carbocycles. The summed E-state index contributed by atoms with van der Waals surface area (Å²) in [6.45, 7) is 11.8. The normalized spacial score (nSPS) is 25.0. The number of ether oxygens (including phenoxy) is 1. The molecule has 1 heterocycles. The fraction of sp³-hybridized carbons (Fsp3) is 0.667. The van der Waals surface area contributed by atoms with Crippen LogP contribution in [-0.4, -0.2) is 30.6 Å². The highest BCUT2D eigenvalue weighted by Gasteiger charge is 2.28. The minimum absolute atomic E-state index is 0.224. The van der Waals surface area contributed by atoms with Gasteiger partial charge in [0.05, 0.1) is 6.10 Å². The topological polar surface area (TPSA) is 38.5 Å². The Kier molecular flexibility index (Phi) is 5.65. The van der Waals surface area contributed by atoms with E-state index in [0.29, 0.717) is 12.0 Å². The minimum Gasteiger partial charge on any atom is -0.491 e. The maximum atomic E-state index is 5.92. The van der Waals surface area contributed by atoms with Crippen LogP contribution < -0.4 is 10.5 Å².